The van der Waals surface area contributed by atoms with Gasteiger partial charge in [0.15, 0.2) is 0 Å². The molecule has 4 heteroatoms. The Morgan fingerprint density at radius 3 is 2.47 bits per heavy atom. The van der Waals surface area contributed by atoms with Gasteiger partial charge in [0, 0.05) is 12.5 Å². The molecule has 0 aromatic heterocycles. The minimum atomic E-state index is -1.06. The van der Waals surface area contributed by atoms with Crippen LogP contribution in [0.2, 0.25) is 0 Å². The summed E-state index contributed by atoms with van der Waals surface area (Å²) in [6.07, 6.45) is -1.05. The fourth-order valence-corrected chi connectivity index (χ4v) is 2.35. The van der Waals surface area contributed by atoms with Gasteiger partial charge in [0.05, 0.1) is 0 Å². The molecule has 0 amide bonds. The lowest BCUT2D eigenvalue weighted by molar-refractivity contribution is 0.0488. The molecule has 0 saturated heterocycles. The van der Waals surface area contributed by atoms with Crippen LogP contribution in [0, 0.1) is 11.6 Å². The number of rotatable bonds is 2. The van der Waals surface area contributed by atoms with Crippen molar-refractivity contribution >= 4 is 0 Å². The smallest absolute Gasteiger partial charge is 0.133 e. The topological polar surface area (TPSA) is 29.5 Å². The van der Waals surface area contributed by atoms with Gasteiger partial charge < -0.3 is 9.84 Å². The van der Waals surface area contributed by atoms with Gasteiger partial charge in [-0.15, -0.1) is 0 Å². The van der Waals surface area contributed by atoms with Crippen LogP contribution in [-0.2, 0) is 6.42 Å². The number of halogens is 2. The van der Waals surface area contributed by atoms with Crippen molar-refractivity contribution in [1.82, 2.24) is 0 Å². The van der Waals surface area contributed by atoms with E-state index in [0.29, 0.717) is 12.2 Å². The second-order valence-electron chi connectivity index (χ2n) is 4.62. The SMILES string of the molecule is OC(c1cc(F)cc(F)c1)C1Cc2ccccc2O1. The normalized spacial score (nSPS) is 18.8. The van der Waals surface area contributed by atoms with Crippen LogP contribution >= 0.6 is 0 Å². The second kappa shape index (κ2) is 4.63. The summed E-state index contributed by atoms with van der Waals surface area (Å²) in [4.78, 5) is 0. The zero-order valence-corrected chi connectivity index (χ0v) is 10.0. The van der Waals surface area contributed by atoms with Crippen LogP contribution in [0.1, 0.15) is 17.2 Å². The van der Waals surface area contributed by atoms with Crippen molar-refractivity contribution in [2.24, 2.45) is 0 Å². The fraction of sp³-hybridized carbons (Fsp3) is 0.200. The lowest BCUT2D eigenvalue weighted by atomic mass is 10.00. The highest BCUT2D eigenvalue weighted by Crippen LogP contribution is 2.34. The summed E-state index contributed by atoms with van der Waals surface area (Å²) in [7, 11) is 0. The van der Waals surface area contributed by atoms with Crippen molar-refractivity contribution in [3.8, 4) is 5.75 Å². The van der Waals surface area contributed by atoms with Crippen LogP contribution in [0.25, 0.3) is 0 Å². The van der Waals surface area contributed by atoms with Crippen LogP contribution < -0.4 is 4.74 Å². The molecule has 0 radical (unpaired) electrons. The summed E-state index contributed by atoms with van der Waals surface area (Å²) in [5.74, 6) is -0.697. The molecule has 1 aliphatic rings. The highest BCUT2D eigenvalue weighted by molar-refractivity contribution is 5.38. The van der Waals surface area contributed by atoms with Gasteiger partial charge in [0.25, 0.3) is 0 Å². The lowest BCUT2D eigenvalue weighted by Gasteiger charge is -2.18. The maximum absolute atomic E-state index is 13.1. The number of hydrogen-bond donors (Lipinski definition) is 1. The molecule has 2 aromatic rings. The molecular formula is C15H12F2O2. The van der Waals surface area contributed by atoms with Crippen molar-refractivity contribution in [2.75, 3.05) is 0 Å². The van der Waals surface area contributed by atoms with Crippen molar-refractivity contribution < 1.29 is 18.6 Å². The third kappa shape index (κ3) is 2.31. The first-order chi connectivity index (χ1) is 9.13. The average molecular weight is 262 g/mol. The highest BCUT2D eigenvalue weighted by Gasteiger charge is 2.30. The van der Waals surface area contributed by atoms with Gasteiger partial charge in [-0.1, -0.05) is 18.2 Å². The van der Waals surface area contributed by atoms with Gasteiger partial charge in [0.1, 0.15) is 29.6 Å². The Labute approximate surface area is 109 Å². The minimum Gasteiger partial charge on any atom is -0.487 e. The number of para-hydroxylation sites is 1. The fourth-order valence-electron chi connectivity index (χ4n) is 2.35. The maximum atomic E-state index is 13.1. The maximum Gasteiger partial charge on any atom is 0.133 e. The Morgan fingerprint density at radius 2 is 1.79 bits per heavy atom. The van der Waals surface area contributed by atoms with Gasteiger partial charge in [-0.2, -0.15) is 0 Å². The van der Waals surface area contributed by atoms with Crippen LogP contribution in [0.4, 0.5) is 8.78 Å². The van der Waals surface area contributed by atoms with Crippen LogP contribution in [0.15, 0.2) is 42.5 Å². The molecule has 0 saturated carbocycles. The zero-order chi connectivity index (χ0) is 13.4. The first kappa shape index (κ1) is 12.1. The average Bonchev–Trinajstić information content (AvgIpc) is 2.80. The number of fused-ring (bicyclic) bond motifs is 1. The molecule has 1 N–H and O–H groups in total. The second-order valence-corrected chi connectivity index (χ2v) is 4.62. The van der Waals surface area contributed by atoms with E-state index in [0.717, 1.165) is 23.8 Å². The minimum absolute atomic E-state index is 0.190. The van der Waals surface area contributed by atoms with Crippen LogP contribution in [0.5, 0.6) is 5.75 Å². The number of aliphatic hydroxyl groups is 1. The van der Waals surface area contributed by atoms with Gasteiger partial charge in [0.2, 0.25) is 0 Å². The summed E-state index contributed by atoms with van der Waals surface area (Å²) in [6, 6.07) is 10.5. The summed E-state index contributed by atoms with van der Waals surface area (Å²) in [6.45, 7) is 0. The molecule has 2 unspecified atom stereocenters. The molecule has 2 aromatic carbocycles. The predicted octanol–water partition coefficient (Wildman–Crippen LogP) is 3.00. The van der Waals surface area contributed by atoms with Gasteiger partial charge in [-0.05, 0) is 29.3 Å². The summed E-state index contributed by atoms with van der Waals surface area (Å²) < 4.78 is 31.9. The standard InChI is InChI=1S/C15H12F2O2/c16-11-5-10(6-12(17)8-11)15(18)14-7-9-3-1-2-4-13(9)19-14/h1-6,8,14-15,18H,7H2. The molecule has 19 heavy (non-hydrogen) atoms. The monoisotopic (exact) mass is 262 g/mol. The number of hydrogen-bond acceptors (Lipinski definition) is 2. The molecule has 98 valence electrons. The molecule has 0 fully saturated rings. The van der Waals surface area contributed by atoms with E-state index in [4.69, 9.17) is 4.74 Å². The quantitative estimate of drug-likeness (QED) is 0.901. The Hall–Kier alpha value is -1.94. The Kier molecular flexibility index (Phi) is 2.95. The molecular weight excluding hydrogens is 250 g/mol. The Balaban J connectivity index is 1.84. The Bertz CT molecular complexity index is 568. The highest BCUT2D eigenvalue weighted by atomic mass is 19.1. The molecule has 0 bridgehead atoms. The number of aliphatic hydroxyl groups excluding tert-OH is 1. The van der Waals surface area contributed by atoms with E-state index in [9.17, 15) is 13.9 Å². The first-order valence-corrected chi connectivity index (χ1v) is 6.02. The summed E-state index contributed by atoms with van der Waals surface area (Å²) >= 11 is 0. The largest absolute Gasteiger partial charge is 0.487 e. The molecule has 2 atom stereocenters. The van der Waals surface area contributed by atoms with E-state index < -0.39 is 23.8 Å². The summed E-state index contributed by atoms with van der Waals surface area (Å²) in [5, 5.41) is 10.2. The Morgan fingerprint density at radius 1 is 1.11 bits per heavy atom. The van der Waals surface area contributed by atoms with Crippen molar-refractivity contribution in [2.45, 2.75) is 18.6 Å². The lowest BCUT2D eigenvalue weighted by Crippen LogP contribution is -2.23. The molecule has 1 heterocycles. The van der Waals surface area contributed by atoms with E-state index >= 15 is 0 Å². The van der Waals surface area contributed by atoms with Crippen LogP contribution in [0.3, 0.4) is 0 Å². The van der Waals surface area contributed by atoms with Crippen molar-refractivity contribution in [1.29, 1.82) is 0 Å². The number of benzene rings is 2. The van der Waals surface area contributed by atoms with Gasteiger partial charge in [-0.25, -0.2) is 8.78 Å². The van der Waals surface area contributed by atoms with Crippen LogP contribution in [-0.4, -0.2) is 11.2 Å². The molecule has 3 rings (SSSR count). The van der Waals surface area contributed by atoms with E-state index in [1.165, 1.54) is 0 Å². The number of ether oxygens (including phenoxy) is 1. The van der Waals surface area contributed by atoms with Gasteiger partial charge >= 0.3 is 0 Å². The predicted molar refractivity (Wildman–Crippen MR) is 65.9 cm³/mol. The zero-order valence-electron chi connectivity index (χ0n) is 10.0. The van der Waals surface area contributed by atoms with E-state index in [2.05, 4.69) is 0 Å². The van der Waals surface area contributed by atoms with E-state index in [1.54, 1.807) is 0 Å². The van der Waals surface area contributed by atoms with E-state index in [-0.39, 0.29) is 5.56 Å². The first-order valence-electron chi connectivity index (χ1n) is 6.02. The van der Waals surface area contributed by atoms with Crippen molar-refractivity contribution in [3.05, 3.63) is 65.2 Å². The molecule has 0 spiro atoms. The molecule has 1 aliphatic heterocycles. The summed E-state index contributed by atoms with van der Waals surface area (Å²) in [5.41, 5.74) is 1.18. The van der Waals surface area contributed by atoms with Crippen molar-refractivity contribution in [3.63, 3.8) is 0 Å². The molecule has 2 nitrogen and oxygen atoms in total. The van der Waals surface area contributed by atoms with E-state index in [1.807, 2.05) is 24.3 Å². The third-order valence-corrected chi connectivity index (χ3v) is 3.25. The van der Waals surface area contributed by atoms with Gasteiger partial charge in [-0.3, -0.25) is 0 Å². The third-order valence-electron chi connectivity index (χ3n) is 3.25. The molecule has 0 aliphatic carbocycles.